The molecule has 1 aromatic rings. The Morgan fingerprint density at radius 3 is 2.71 bits per heavy atom. The monoisotopic (exact) mass is 286 g/mol. The third-order valence-electron chi connectivity index (χ3n) is 4.38. The first kappa shape index (κ1) is 14.1. The number of hydrogen-bond donors (Lipinski definition) is 1. The number of aliphatic carboxylic acids is 1. The Hall–Kier alpha value is -1.90. The van der Waals surface area contributed by atoms with Crippen molar-refractivity contribution in [1.82, 2.24) is 0 Å². The van der Waals surface area contributed by atoms with Crippen molar-refractivity contribution in [2.45, 2.75) is 38.5 Å². The number of fused-ring (bicyclic) bond motifs is 1. The van der Waals surface area contributed by atoms with E-state index in [1.807, 2.05) is 6.08 Å². The standard InChI is InChI=1S/C18H19FO2/c19-15-6-7-16-13(8-12-4-2-1-3-5-12)9-14(10-18(20)21)17(16)11-15/h6-9,11-12H,1-5,10H2,(H,20,21). The summed E-state index contributed by atoms with van der Waals surface area (Å²) < 4.78 is 13.5. The molecule has 3 heteroatoms. The number of carboxylic acids is 1. The number of carbonyl (C=O) groups is 1. The highest BCUT2D eigenvalue weighted by atomic mass is 19.1. The molecule has 2 aliphatic carbocycles. The highest BCUT2D eigenvalue weighted by molar-refractivity contribution is 5.99. The van der Waals surface area contributed by atoms with E-state index < -0.39 is 5.97 Å². The molecule has 0 aromatic heterocycles. The van der Waals surface area contributed by atoms with Gasteiger partial charge in [-0.2, -0.15) is 0 Å². The van der Waals surface area contributed by atoms with Crippen LogP contribution in [-0.4, -0.2) is 11.1 Å². The van der Waals surface area contributed by atoms with E-state index >= 15 is 0 Å². The third kappa shape index (κ3) is 3.07. The summed E-state index contributed by atoms with van der Waals surface area (Å²) in [5.41, 5.74) is 3.48. The SMILES string of the molecule is O=C(O)CC1=CC(=CC2CCCCC2)c2ccc(F)cc21. The molecule has 1 fully saturated rings. The highest BCUT2D eigenvalue weighted by Gasteiger charge is 2.22. The van der Waals surface area contributed by atoms with Gasteiger partial charge in [-0.1, -0.05) is 37.5 Å². The van der Waals surface area contributed by atoms with Gasteiger partial charge in [0.1, 0.15) is 5.82 Å². The summed E-state index contributed by atoms with van der Waals surface area (Å²) in [5, 5.41) is 9.02. The molecule has 0 aliphatic heterocycles. The van der Waals surface area contributed by atoms with Crippen molar-refractivity contribution in [1.29, 1.82) is 0 Å². The summed E-state index contributed by atoms with van der Waals surface area (Å²) in [6.45, 7) is 0. The average molecular weight is 286 g/mol. The Kier molecular flexibility index (Phi) is 3.91. The molecule has 21 heavy (non-hydrogen) atoms. The quantitative estimate of drug-likeness (QED) is 0.877. The van der Waals surface area contributed by atoms with Crippen molar-refractivity contribution in [3.05, 3.63) is 47.3 Å². The van der Waals surface area contributed by atoms with Gasteiger partial charge in [-0.3, -0.25) is 4.79 Å². The first-order valence-electron chi connectivity index (χ1n) is 7.58. The van der Waals surface area contributed by atoms with Crippen LogP contribution in [0.3, 0.4) is 0 Å². The third-order valence-corrected chi connectivity index (χ3v) is 4.38. The Bertz CT molecular complexity index is 622. The highest BCUT2D eigenvalue weighted by Crippen LogP contribution is 2.39. The number of rotatable bonds is 3. The number of hydrogen-bond acceptors (Lipinski definition) is 1. The maximum atomic E-state index is 13.5. The predicted molar refractivity (Wildman–Crippen MR) is 81.2 cm³/mol. The number of halogens is 1. The molecule has 0 spiro atoms. The molecular weight excluding hydrogens is 267 g/mol. The van der Waals surface area contributed by atoms with Crippen molar-refractivity contribution < 1.29 is 14.3 Å². The number of carboxylic acid groups (broad SMARTS) is 1. The number of benzene rings is 1. The fraction of sp³-hybridized carbons (Fsp3) is 0.389. The summed E-state index contributed by atoms with van der Waals surface area (Å²) >= 11 is 0. The molecule has 1 N–H and O–H groups in total. The van der Waals surface area contributed by atoms with Crippen LogP contribution in [0.15, 0.2) is 30.4 Å². The zero-order valence-corrected chi connectivity index (χ0v) is 11.9. The first-order valence-corrected chi connectivity index (χ1v) is 7.58. The van der Waals surface area contributed by atoms with E-state index in [1.165, 1.54) is 44.2 Å². The smallest absolute Gasteiger partial charge is 0.307 e. The van der Waals surface area contributed by atoms with Gasteiger partial charge in [0.15, 0.2) is 0 Å². The molecule has 1 aromatic carbocycles. The number of allylic oxidation sites excluding steroid dienone is 3. The normalized spacial score (nSPS) is 20.4. The van der Waals surface area contributed by atoms with Gasteiger partial charge in [0.2, 0.25) is 0 Å². The largest absolute Gasteiger partial charge is 0.481 e. The zero-order valence-electron chi connectivity index (χ0n) is 11.9. The summed E-state index contributed by atoms with van der Waals surface area (Å²) in [6.07, 6.45) is 10.3. The van der Waals surface area contributed by atoms with Gasteiger partial charge >= 0.3 is 5.97 Å². The molecule has 0 amide bonds. The van der Waals surface area contributed by atoms with E-state index in [0.29, 0.717) is 11.5 Å². The molecule has 2 aliphatic rings. The average Bonchev–Trinajstić information content (AvgIpc) is 2.77. The van der Waals surface area contributed by atoms with E-state index in [0.717, 1.165) is 16.7 Å². The van der Waals surface area contributed by atoms with Gasteiger partial charge in [-0.05, 0) is 53.2 Å². The van der Waals surface area contributed by atoms with E-state index in [9.17, 15) is 9.18 Å². The van der Waals surface area contributed by atoms with Crippen LogP contribution in [0.25, 0.3) is 11.1 Å². The van der Waals surface area contributed by atoms with Gasteiger partial charge in [-0.15, -0.1) is 0 Å². The summed E-state index contributed by atoms with van der Waals surface area (Å²) in [7, 11) is 0. The fourth-order valence-electron chi connectivity index (χ4n) is 3.38. The van der Waals surface area contributed by atoms with E-state index in [1.54, 1.807) is 6.07 Å². The van der Waals surface area contributed by atoms with Crippen molar-refractivity contribution >= 4 is 17.1 Å². The molecule has 2 nitrogen and oxygen atoms in total. The van der Waals surface area contributed by atoms with E-state index in [4.69, 9.17) is 5.11 Å². The van der Waals surface area contributed by atoms with Gasteiger partial charge in [0, 0.05) is 0 Å². The lowest BCUT2D eigenvalue weighted by Gasteiger charge is -2.18. The second kappa shape index (κ2) is 5.84. The van der Waals surface area contributed by atoms with Crippen molar-refractivity contribution in [2.24, 2.45) is 5.92 Å². The molecule has 0 heterocycles. The molecule has 110 valence electrons. The van der Waals surface area contributed by atoms with Gasteiger partial charge in [-0.25, -0.2) is 4.39 Å². The fourth-order valence-corrected chi connectivity index (χ4v) is 3.38. The molecule has 0 radical (unpaired) electrons. The van der Waals surface area contributed by atoms with Crippen molar-refractivity contribution in [3.63, 3.8) is 0 Å². The lowest BCUT2D eigenvalue weighted by molar-refractivity contribution is -0.135. The molecule has 0 unspecified atom stereocenters. The van der Waals surface area contributed by atoms with Crippen LogP contribution in [-0.2, 0) is 4.79 Å². The van der Waals surface area contributed by atoms with Crippen LogP contribution in [0, 0.1) is 11.7 Å². The van der Waals surface area contributed by atoms with E-state index in [2.05, 4.69) is 6.08 Å². The predicted octanol–water partition coefficient (Wildman–Crippen LogP) is 4.66. The minimum Gasteiger partial charge on any atom is -0.481 e. The molecule has 0 bridgehead atoms. The lowest BCUT2D eigenvalue weighted by atomic mass is 9.87. The molecule has 0 saturated heterocycles. The summed E-state index contributed by atoms with van der Waals surface area (Å²) in [6, 6.07) is 4.67. The second-order valence-corrected chi connectivity index (χ2v) is 5.95. The minimum atomic E-state index is -0.879. The topological polar surface area (TPSA) is 37.3 Å². The van der Waals surface area contributed by atoms with Gasteiger partial charge in [0.25, 0.3) is 0 Å². The van der Waals surface area contributed by atoms with Crippen LogP contribution >= 0.6 is 0 Å². The first-order chi connectivity index (χ1) is 10.1. The molecular formula is C18H19FO2. The van der Waals surface area contributed by atoms with Gasteiger partial charge in [0.05, 0.1) is 6.42 Å². The van der Waals surface area contributed by atoms with Gasteiger partial charge < -0.3 is 5.11 Å². The second-order valence-electron chi connectivity index (χ2n) is 5.95. The minimum absolute atomic E-state index is 0.0571. The Morgan fingerprint density at radius 1 is 1.24 bits per heavy atom. The molecule has 0 atom stereocenters. The molecule has 1 saturated carbocycles. The Morgan fingerprint density at radius 2 is 2.00 bits per heavy atom. The molecule has 3 rings (SSSR count). The van der Waals surface area contributed by atoms with Crippen LogP contribution in [0.4, 0.5) is 4.39 Å². The Labute approximate surface area is 124 Å². The van der Waals surface area contributed by atoms with Crippen LogP contribution < -0.4 is 0 Å². The van der Waals surface area contributed by atoms with Crippen molar-refractivity contribution in [2.75, 3.05) is 0 Å². The summed E-state index contributed by atoms with van der Waals surface area (Å²) in [5.74, 6) is -0.633. The summed E-state index contributed by atoms with van der Waals surface area (Å²) in [4.78, 5) is 11.0. The zero-order chi connectivity index (χ0) is 14.8. The Balaban J connectivity index is 1.96. The maximum Gasteiger partial charge on any atom is 0.307 e. The van der Waals surface area contributed by atoms with Crippen LogP contribution in [0.2, 0.25) is 0 Å². The van der Waals surface area contributed by atoms with Crippen LogP contribution in [0.5, 0.6) is 0 Å². The lowest BCUT2D eigenvalue weighted by Crippen LogP contribution is -2.03. The van der Waals surface area contributed by atoms with E-state index in [-0.39, 0.29) is 12.2 Å². The maximum absolute atomic E-state index is 13.5. The van der Waals surface area contributed by atoms with Crippen LogP contribution in [0.1, 0.15) is 49.7 Å². The van der Waals surface area contributed by atoms with Crippen molar-refractivity contribution in [3.8, 4) is 0 Å².